The number of carbonyl (C=O) groups excluding carboxylic acids is 2. The lowest BCUT2D eigenvalue weighted by Gasteiger charge is -2.21. The largest absolute Gasteiger partial charge is 0.460 e. The van der Waals surface area contributed by atoms with Crippen LogP contribution >= 0.6 is 0 Å². The van der Waals surface area contributed by atoms with Crippen LogP contribution in [-0.2, 0) is 19.1 Å². The first kappa shape index (κ1) is 24.3. The van der Waals surface area contributed by atoms with Crippen LogP contribution in [-0.4, -0.2) is 62.2 Å². The van der Waals surface area contributed by atoms with Crippen molar-refractivity contribution in [2.24, 2.45) is 0 Å². The molecule has 5 nitrogen and oxygen atoms in total. The number of hydrogen-bond donors (Lipinski definition) is 1. The number of hydrogen-bond acceptors (Lipinski definition) is 5. The number of carbonyl (C=O) groups is 2. The van der Waals surface area contributed by atoms with Gasteiger partial charge in [-0.15, -0.1) is 0 Å². The molecule has 14 heteroatoms. The molecule has 0 rings (SSSR count). The zero-order valence-corrected chi connectivity index (χ0v) is 13.1. The third-order valence-electron chi connectivity index (χ3n) is 2.55. The Morgan fingerprint density at radius 1 is 0.808 bits per heavy atom. The molecule has 0 aliphatic rings. The van der Waals surface area contributed by atoms with Crippen LogP contribution in [0.5, 0.6) is 0 Å². The van der Waals surface area contributed by atoms with Crippen molar-refractivity contribution in [1.29, 1.82) is 0 Å². The minimum Gasteiger partial charge on any atom is -0.460 e. The molecule has 0 bridgehead atoms. The maximum Gasteiger partial charge on any atom is 0.404 e. The first-order valence-corrected chi connectivity index (χ1v) is 6.76. The van der Waals surface area contributed by atoms with Crippen LogP contribution in [0.3, 0.4) is 0 Å². The Kier molecular flexibility index (Phi) is 8.19. The SMILES string of the molecule is CC(F)(F)C(F)(F)C(=O)OCCNCCOC(=O)C(F)(F)CC(F)(F)F. The lowest BCUT2D eigenvalue weighted by molar-refractivity contribution is -0.222. The van der Waals surface area contributed by atoms with Gasteiger partial charge in [-0.2, -0.15) is 39.5 Å². The van der Waals surface area contributed by atoms with Crippen LogP contribution in [0.1, 0.15) is 13.3 Å². The molecule has 0 heterocycles. The molecule has 154 valence electrons. The van der Waals surface area contributed by atoms with Crippen LogP contribution in [0.15, 0.2) is 0 Å². The van der Waals surface area contributed by atoms with Crippen LogP contribution < -0.4 is 5.32 Å². The molecule has 0 aromatic heterocycles. The zero-order valence-electron chi connectivity index (χ0n) is 13.1. The van der Waals surface area contributed by atoms with E-state index in [0.29, 0.717) is 0 Å². The maximum atomic E-state index is 12.8. The number of halogens is 9. The molecular weight excluding hydrogens is 393 g/mol. The van der Waals surface area contributed by atoms with E-state index < -0.39 is 68.6 Å². The van der Waals surface area contributed by atoms with Crippen molar-refractivity contribution >= 4 is 11.9 Å². The van der Waals surface area contributed by atoms with E-state index in [9.17, 15) is 49.1 Å². The highest BCUT2D eigenvalue weighted by Crippen LogP contribution is 2.34. The summed E-state index contributed by atoms with van der Waals surface area (Å²) in [6, 6.07) is 0. The van der Waals surface area contributed by atoms with E-state index in [2.05, 4.69) is 14.8 Å². The number of nitrogens with one attached hydrogen (secondary N) is 1. The van der Waals surface area contributed by atoms with Crippen molar-refractivity contribution in [3.05, 3.63) is 0 Å². The van der Waals surface area contributed by atoms with Crippen LogP contribution in [0.4, 0.5) is 39.5 Å². The van der Waals surface area contributed by atoms with E-state index in [1.54, 1.807) is 0 Å². The smallest absolute Gasteiger partial charge is 0.404 e. The first-order chi connectivity index (χ1) is 11.5. The Bertz CT molecular complexity index is 488. The average Bonchev–Trinajstić information content (AvgIpc) is 2.41. The van der Waals surface area contributed by atoms with Gasteiger partial charge in [0.25, 0.3) is 0 Å². The fourth-order valence-electron chi connectivity index (χ4n) is 1.26. The Balaban J connectivity index is 4.03. The Hall–Kier alpha value is -1.73. The first-order valence-electron chi connectivity index (χ1n) is 6.76. The van der Waals surface area contributed by atoms with Crippen LogP contribution in [0.25, 0.3) is 0 Å². The van der Waals surface area contributed by atoms with Crippen molar-refractivity contribution < 1.29 is 58.6 Å². The van der Waals surface area contributed by atoms with Gasteiger partial charge in [0.15, 0.2) is 0 Å². The second kappa shape index (κ2) is 8.77. The molecule has 0 spiro atoms. The summed E-state index contributed by atoms with van der Waals surface area (Å²) in [6.45, 7) is -2.61. The number of ether oxygens (including phenoxy) is 2. The van der Waals surface area contributed by atoms with E-state index >= 15 is 0 Å². The molecule has 0 aromatic rings. The molecule has 0 unspecified atom stereocenters. The van der Waals surface area contributed by atoms with Gasteiger partial charge in [-0.05, 0) is 0 Å². The summed E-state index contributed by atoms with van der Waals surface area (Å²) < 4.78 is 119. The van der Waals surface area contributed by atoms with E-state index in [4.69, 9.17) is 0 Å². The molecule has 0 fully saturated rings. The summed E-state index contributed by atoms with van der Waals surface area (Å²) in [4.78, 5) is 21.6. The molecule has 1 N–H and O–H groups in total. The highest BCUT2D eigenvalue weighted by molar-refractivity contribution is 5.78. The van der Waals surface area contributed by atoms with Gasteiger partial charge in [-0.3, -0.25) is 0 Å². The van der Waals surface area contributed by atoms with E-state index in [0.717, 1.165) is 0 Å². The number of rotatable bonds is 10. The second-order valence-corrected chi connectivity index (χ2v) is 4.98. The van der Waals surface area contributed by atoms with Gasteiger partial charge < -0.3 is 14.8 Å². The minimum atomic E-state index is -5.29. The lowest BCUT2D eigenvalue weighted by Crippen LogP contribution is -2.46. The Morgan fingerprint density at radius 2 is 1.23 bits per heavy atom. The van der Waals surface area contributed by atoms with Gasteiger partial charge >= 0.3 is 35.9 Å². The minimum absolute atomic E-state index is 0.185. The summed E-state index contributed by atoms with van der Waals surface area (Å²) in [5.41, 5.74) is 0. The summed E-state index contributed by atoms with van der Waals surface area (Å²) >= 11 is 0. The number of alkyl halides is 9. The normalized spacial score (nSPS) is 13.5. The summed E-state index contributed by atoms with van der Waals surface area (Å²) in [6.07, 6.45) is -7.99. The monoisotopic (exact) mass is 407 g/mol. The molecule has 0 atom stereocenters. The predicted molar refractivity (Wildman–Crippen MR) is 66.0 cm³/mol. The van der Waals surface area contributed by atoms with Gasteiger partial charge in [-0.1, -0.05) is 0 Å². The van der Waals surface area contributed by atoms with Crippen molar-refractivity contribution in [1.82, 2.24) is 5.32 Å². The van der Waals surface area contributed by atoms with Crippen LogP contribution in [0, 0.1) is 0 Å². The van der Waals surface area contributed by atoms with Crippen molar-refractivity contribution in [2.75, 3.05) is 26.3 Å². The number of esters is 2. The molecule has 0 aromatic carbocycles. The summed E-state index contributed by atoms with van der Waals surface area (Å²) in [5.74, 6) is -19.4. The topological polar surface area (TPSA) is 64.6 Å². The maximum absolute atomic E-state index is 12.8. The van der Waals surface area contributed by atoms with Crippen molar-refractivity contribution in [2.45, 2.75) is 37.3 Å². The quantitative estimate of drug-likeness (QED) is 0.343. The fraction of sp³-hybridized carbons (Fsp3) is 0.833. The predicted octanol–water partition coefficient (Wildman–Crippen LogP) is 2.54. The third-order valence-corrected chi connectivity index (χ3v) is 2.55. The molecule has 0 saturated carbocycles. The van der Waals surface area contributed by atoms with Crippen LogP contribution in [0.2, 0.25) is 0 Å². The fourth-order valence-corrected chi connectivity index (χ4v) is 1.26. The van der Waals surface area contributed by atoms with Gasteiger partial charge in [0.2, 0.25) is 0 Å². The van der Waals surface area contributed by atoms with Crippen molar-refractivity contribution in [3.8, 4) is 0 Å². The van der Waals surface area contributed by atoms with Gasteiger partial charge in [0, 0.05) is 20.0 Å². The molecular formula is C12H14F9NO4. The zero-order chi connectivity index (χ0) is 20.8. The van der Waals surface area contributed by atoms with Crippen molar-refractivity contribution in [3.63, 3.8) is 0 Å². The summed E-state index contributed by atoms with van der Waals surface area (Å²) in [7, 11) is 0. The van der Waals surface area contributed by atoms with E-state index in [-0.39, 0.29) is 6.92 Å². The molecule has 0 aliphatic heterocycles. The molecule has 0 amide bonds. The molecule has 0 aliphatic carbocycles. The summed E-state index contributed by atoms with van der Waals surface area (Å²) in [5, 5.41) is 2.23. The second-order valence-electron chi connectivity index (χ2n) is 4.98. The molecule has 0 radical (unpaired) electrons. The average molecular weight is 407 g/mol. The van der Waals surface area contributed by atoms with Gasteiger partial charge in [0.1, 0.15) is 19.6 Å². The highest BCUT2D eigenvalue weighted by Gasteiger charge is 2.60. The highest BCUT2D eigenvalue weighted by atomic mass is 19.4. The Labute approximate surface area is 140 Å². The lowest BCUT2D eigenvalue weighted by atomic mass is 10.2. The van der Waals surface area contributed by atoms with Gasteiger partial charge in [-0.25, -0.2) is 9.59 Å². The van der Waals surface area contributed by atoms with Gasteiger partial charge in [0.05, 0.1) is 0 Å². The molecule has 26 heavy (non-hydrogen) atoms. The molecule has 0 saturated heterocycles. The Morgan fingerprint density at radius 3 is 1.62 bits per heavy atom. The van der Waals surface area contributed by atoms with E-state index in [1.165, 1.54) is 0 Å². The van der Waals surface area contributed by atoms with E-state index in [1.807, 2.05) is 0 Å². The standard InChI is InChI=1S/C12H14F9NO4/c1-9(13,14)12(20,21)8(24)26-5-3-22-2-4-25-7(23)10(15,16)6-11(17,18)19/h22H,2-6H2,1H3. The third kappa shape index (κ3) is 8.10.